The van der Waals surface area contributed by atoms with Crippen molar-refractivity contribution in [3.8, 4) is 0 Å². The molecule has 0 saturated heterocycles. The summed E-state index contributed by atoms with van der Waals surface area (Å²) in [6.07, 6.45) is 9.49. The van der Waals surface area contributed by atoms with Crippen LogP contribution in [0.25, 0.3) is 0 Å². The molecule has 3 aliphatic carbocycles. The molecular weight excluding hydrogens is 232 g/mol. The van der Waals surface area contributed by atoms with Gasteiger partial charge in [0, 0.05) is 12.0 Å². The van der Waals surface area contributed by atoms with Gasteiger partial charge in [0.2, 0.25) is 0 Å². The first-order valence-corrected chi connectivity index (χ1v) is 7.38. The quantitative estimate of drug-likeness (QED) is 0.628. The highest BCUT2D eigenvalue weighted by molar-refractivity contribution is 6.03. The topological polar surface area (TPSA) is 17.1 Å². The van der Waals surface area contributed by atoms with Gasteiger partial charge in [-0.05, 0) is 62.5 Å². The van der Waals surface area contributed by atoms with Gasteiger partial charge in [-0.25, -0.2) is 0 Å². The molecule has 0 aromatic carbocycles. The van der Waals surface area contributed by atoms with Gasteiger partial charge in [0.25, 0.3) is 0 Å². The van der Waals surface area contributed by atoms with E-state index in [4.69, 9.17) is 0 Å². The van der Waals surface area contributed by atoms with Crippen LogP contribution >= 0.6 is 0 Å². The van der Waals surface area contributed by atoms with E-state index in [0.717, 1.165) is 24.8 Å². The van der Waals surface area contributed by atoms with Crippen molar-refractivity contribution < 1.29 is 4.79 Å². The van der Waals surface area contributed by atoms with Crippen molar-refractivity contribution in [3.05, 3.63) is 46.6 Å². The van der Waals surface area contributed by atoms with Crippen molar-refractivity contribution in [2.45, 2.75) is 46.0 Å². The Balaban J connectivity index is 2.13. The fourth-order valence-corrected chi connectivity index (χ4v) is 4.02. The Kier molecular flexibility index (Phi) is 3.08. The predicted octanol–water partition coefficient (Wildman–Crippen LogP) is 4.52. The molecule has 1 heteroatoms. The third kappa shape index (κ3) is 1.96. The molecule has 1 nitrogen and oxygen atoms in total. The van der Waals surface area contributed by atoms with Crippen LogP contribution in [0, 0.1) is 11.8 Å². The van der Waals surface area contributed by atoms with E-state index in [1.807, 2.05) is 0 Å². The second-order valence-corrected chi connectivity index (χ2v) is 6.25. The smallest absolute Gasteiger partial charge is 0.163 e. The number of ketones is 1. The van der Waals surface area contributed by atoms with Crippen molar-refractivity contribution in [3.63, 3.8) is 0 Å². The first-order chi connectivity index (χ1) is 9.09. The number of fused-ring (bicyclic) bond motifs is 2. The number of carbonyl (C=O) groups is 1. The number of allylic oxidation sites excluding steroid dienone is 7. The van der Waals surface area contributed by atoms with E-state index in [1.54, 1.807) is 0 Å². The molecule has 19 heavy (non-hydrogen) atoms. The van der Waals surface area contributed by atoms with E-state index in [0.29, 0.717) is 24.0 Å². The van der Waals surface area contributed by atoms with Crippen molar-refractivity contribution >= 4 is 5.78 Å². The Labute approximate surface area is 115 Å². The molecule has 0 bridgehead atoms. The highest BCUT2D eigenvalue weighted by atomic mass is 16.1. The first kappa shape index (κ1) is 12.7. The predicted molar refractivity (Wildman–Crippen MR) is 78.8 cm³/mol. The van der Waals surface area contributed by atoms with Gasteiger partial charge < -0.3 is 0 Å². The van der Waals surface area contributed by atoms with Crippen LogP contribution in [0.1, 0.15) is 46.0 Å². The molecule has 0 heterocycles. The fraction of sp³-hybridized carbons (Fsp3) is 0.500. The molecule has 0 aromatic rings. The van der Waals surface area contributed by atoms with Crippen molar-refractivity contribution in [1.29, 1.82) is 0 Å². The number of hydrogen-bond acceptors (Lipinski definition) is 1. The number of Topliss-reactive ketones (excluding diaryl/α,β-unsaturated/α-hetero) is 1. The Bertz CT molecular complexity index is 542. The summed E-state index contributed by atoms with van der Waals surface area (Å²) in [6.45, 7) is 8.55. The fourth-order valence-electron chi connectivity index (χ4n) is 4.02. The highest BCUT2D eigenvalue weighted by Crippen LogP contribution is 2.47. The second kappa shape index (κ2) is 4.63. The first-order valence-electron chi connectivity index (χ1n) is 7.38. The van der Waals surface area contributed by atoms with E-state index >= 15 is 0 Å². The lowest BCUT2D eigenvalue weighted by molar-refractivity contribution is -0.114. The Morgan fingerprint density at radius 2 is 2.11 bits per heavy atom. The lowest BCUT2D eigenvalue weighted by Gasteiger charge is -2.35. The monoisotopic (exact) mass is 254 g/mol. The Morgan fingerprint density at radius 3 is 2.84 bits per heavy atom. The molecule has 0 aliphatic heterocycles. The molecule has 100 valence electrons. The Hall–Kier alpha value is -1.37. The lowest BCUT2D eigenvalue weighted by atomic mass is 9.69. The molecule has 0 saturated carbocycles. The molecule has 3 rings (SSSR count). The van der Waals surface area contributed by atoms with Gasteiger partial charge in [-0.1, -0.05) is 29.9 Å². The molecule has 0 fully saturated rings. The minimum atomic E-state index is 0.364. The minimum Gasteiger partial charge on any atom is -0.294 e. The maximum Gasteiger partial charge on any atom is 0.163 e. The van der Waals surface area contributed by atoms with Gasteiger partial charge in [-0.3, -0.25) is 4.79 Å². The van der Waals surface area contributed by atoms with E-state index in [-0.39, 0.29) is 0 Å². The zero-order chi connectivity index (χ0) is 13.6. The summed E-state index contributed by atoms with van der Waals surface area (Å²) in [5.41, 5.74) is 6.44. The molecule has 2 atom stereocenters. The van der Waals surface area contributed by atoms with Crippen LogP contribution in [0.15, 0.2) is 46.6 Å². The van der Waals surface area contributed by atoms with Crippen molar-refractivity contribution in [2.24, 2.45) is 11.8 Å². The van der Waals surface area contributed by atoms with Gasteiger partial charge in [-0.15, -0.1) is 0 Å². The van der Waals surface area contributed by atoms with Crippen molar-refractivity contribution in [1.82, 2.24) is 0 Å². The van der Waals surface area contributed by atoms with Crippen molar-refractivity contribution in [2.75, 3.05) is 0 Å². The lowest BCUT2D eigenvalue weighted by Crippen LogP contribution is -2.25. The molecule has 0 radical (unpaired) electrons. The van der Waals surface area contributed by atoms with E-state index < -0.39 is 0 Å². The highest BCUT2D eigenvalue weighted by Gasteiger charge is 2.37. The number of carbonyl (C=O) groups excluding carboxylic acids is 1. The zero-order valence-corrected chi connectivity index (χ0v) is 12.0. The normalized spacial score (nSPS) is 30.3. The number of rotatable bonds is 1. The van der Waals surface area contributed by atoms with Crippen LogP contribution in [0.2, 0.25) is 0 Å². The third-order valence-corrected chi connectivity index (χ3v) is 4.98. The molecule has 0 aromatic heterocycles. The molecular formula is C18H22O. The van der Waals surface area contributed by atoms with Crippen LogP contribution in [-0.4, -0.2) is 5.78 Å². The molecule has 0 N–H and O–H groups in total. The van der Waals surface area contributed by atoms with E-state index in [2.05, 4.69) is 32.6 Å². The van der Waals surface area contributed by atoms with Crippen LogP contribution in [0.5, 0.6) is 0 Å². The molecule has 3 aliphatic rings. The van der Waals surface area contributed by atoms with Gasteiger partial charge >= 0.3 is 0 Å². The zero-order valence-electron chi connectivity index (χ0n) is 12.0. The SMILES string of the molecule is C=C(C)[C@@H]1CCC(C)=C2C3=C(C=CC[C@H]21)CCC3=O. The minimum absolute atomic E-state index is 0.364. The summed E-state index contributed by atoms with van der Waals surface area (Å²) in [4.78, 5) is 12.3. The van der Waals surface area contributed by atoms with E-state index in [9.17, 15) is 4.79 Å². The van der Waals surface area contributed by atoms with Gasteiger partial charge in [0.1, 0.15) is 0 Å². The largest absolute Gasteiger partial charge is 0.294 e. The van der Waals surface area contributed by atoms with E-state index in [1.165, 1.54) is 28.7 Å². The second-order valence-electron chi connectivity index (χ2n) is 6.25. The average Bonchev–Trinajstić information content (AvgIpc) is 2.60. The van der Waals surface area contributed by atoms with Gasteiger partial charge in [-0.2, -0.15) is 0 Å². The standard InChI is InChI=1S/C18H22O/c1-11(2)14-9-7-12(3)17-15(14)6-4-5-13-8-10-16(19)18(13)17/h4-5,14-15H,1,6-10H2,2-3H3/t14-,15-/m0/s1. The summed E-state index contributed by atoms with van der Waals surface area (Å²) in [6, 6.07) is 0. The third-order valence-electron chi connectivity index (χ3n) is 4.98. The average molecular weight is 254 g/mol. The van der Waals surface area contributed by atoms with Crippen LogP contribution < -0.4 is 0 Å². The summed E-state index contributed by atoms with van der Waals surface area (Å²) >= 11 is 0. The molecule has 0 amide bonds. The Morgan fingerprint density at radius 1 is 1.32 bits per heavy atom. The number of hydrogen-bond donors (Lipinski definition) is 0. The van der Waals surface area contributed by atoms with Gasteiger partial charge in [0.15, 0.2) is 5.78 Å². The molecule has 0 unspecified atom stereocenters. The summed E-state index contributed by atoms with van der Waals surface area (Å²) in [5, 5.41) is 0. The maximum absolute atomic E-state index is 12.3. The van der Waals surface area contributed by atoms with Gasteiger partial charge in [0.05, 0.1) is 0 Å². The summed E-state index contributed by atoms with van der Waals surface area (Å²) in [5.74, 6) is 1.39. The summed E-state index contributed by atoms with van der Waals surface area (Å²) in [7, 11) is 0. The molecule has 0 spiro atoms. The van der Waals surface area contributed by atoms with Crippen LogP contribution in [-0.2, 0) is 4.79 Å². The van der Waals surface area contributed by atoms with Crippen LogP contribution in [0.4, 0.5) is 0 Å². The maximum atomic E-state index is 12.3. The van der Waals surface area contributed by atoms with Crippen LogP contribution in [0.3, 0.4) is 0 Å². The summed E-state index contributed by atoms with van der Waals surface area (Å²) < 4.78 is 0.